The van der Waals surface area contributed by atoms with Gasteiger partial charge in [0, 0.05) is 5.97 Å². The lowest BCUT2D eigenvalue weighted by Crippen LogP contribution is -2.26. The Morgan fingerprint density at radius 3 is 2.43 bits per heavy atom. The van der Waals surface area contributed by atoms with Gasteiger partial charge in [-0.25, -0.2) is 5.26 Å². The second kappa shape index (κ2) is 6.47. The molecule has 1 saturated heterocycles. The number of methoxy groups -OCH3 is 1. The number of carbonyl (C=O) groups excluding carboxylic acids is 1. The Hall–Kier alpha value is -0.975. The first kappa shape index (κ1) is 13.0. The van der Waals surface area contributed by atoms with Gasteiger partial charge in [0.05, 0.1) is 7.11 Å². The van der Waals surface area contributed by atoms with Crippen LogP contribution in [0.1, 0.15) is 26.7 Å². The molecule has 1 fully saturated rings. The van der Waals surface area contributed by atoms with Crippen molar-refractivity contribution in [2.45, 2.75) is 39.3 Å². The van der Waals surface area contributed by atoms with Crippen molar-refractivity contribution in [1.82, 2.24) is 0 Å². The average Bonchev–Trinajstić information content (AvgIpc) is 2.16. The molecule has 0 bridgehead atoms. The van der Waals surface area contributed by atoms with Crippen molar-refractivity contribution in [2.75, 3.05) is 7.11 Å². The van der Waals surface area contributed by atoms with E-state index in [0.717, 1.165) is 12.6 Å². The molecule has 0 amide bonds. The van der Waals surface area contributed by atoms with Crippen molar-refractivity contribution in [3.8, 4) is 5.97 Å². The largest absolute Gasteiger partial charge is 0.471 e. The molecule has 0 unspecified atom stereocenters. The molecule has 4 heteroatoms. The molecule has 0 radical (unpaired) electrons. The van der Waals surface area contributed by atoms with Crippen LogP contribution in [0.5, 0.6) is 0 Å². The molecule has 0 aromatic carbocycles. The van der Waals surface area contributed by atoms with Gasteiger partial charge in [0.2, 0.25) is 0 Å². The third-order valence-electron chi connectivity index (χ3n) is 2.48. The first-order chi connectivity index (χ1) is 6.55. The molecular formula is C10H18BNO2. The Morgan fingerprint density at radius 1 is 1.57 bits per heavy atom. The van der Waals surface area contributed by atoms with Crippen LogP contribution in [-0.2, 0) is 9.53 Å². The van der Waals surface area contributed by atoms with Crippen molar-refractivity contribution in [1.29, 1.82) is 5.26 Å². The number of nitriles is 1. The van der Waals surface area contributed by atoms with Crippen LogP contribution in [-0.4, -0.2) is 20.3 Å². The molecule has 0 N–H and O–H groups in total. The number of hydrogen-bond acceptors (Lipinski definition) is 3. The van der Waals surface area contributed by atoms with E-state index >= 15 is 0 Å². The molecule has 78 valence electrons. The third-order valence-corrected chi connectivity index (χ3v) is 2.48. The van der Waals surface area contributed by atoms with Crippen LogP contribution in [0.25, 0.3) is 0 Å². The monoisotopic (exact) mass is 195 g/mol. The second-order valence-electron chi connectivity index (χ2n) is 4.42. The minimum absolute atomic E-state index is 0.337. The standard InChI is InChI=1S/C8H14BN.C2H4O2/c1-8(2)4-3-5-9(6-8)7-10;1-4-2-3/h3-6H2,1-2H3;2H,1H3. The van der Waals surface area contributed by atoms with E-state index in [1.807, 2.05) is 0 Å². The third kappa shape index (κ3) is 5.63. The molecule has 14 heavy (non-hydrogen) atoms. The molecule has 1 aliphatic heterocycles. The van der Waals surface area contributed by atoms with Crippen molar-refractivity contribution < 1.29 is 9.53 Å². The van der Waals surface area contributed by atoms with Gasteiger partial charge in [-0.2, -0.15) is 0 Å². The van der Waals surface area contributed by atoms with Crippen molar-refractivity contribution in [3.63, 3.8) is 0 Å². The number of rotatable bonds is 1. The van der Waals surface area contributed by atoms with E-state index in [1.165, 1.54) is 20.0 Å². The van der Waals surface area contributed by atoms with Crippen LogP contribution in [0.4, 0.5) is 0 Å². The van der Waals surface area contributed by atoms with Gasteiger partial charge in [-0.05, 0) is 11.8 Å². The number of hydrogen-bond donors (Lipinski definition) is 0. The van der Waals surface area contributed by atoms with Gasteiger partial charge in [0.15, 0.2) is 0 Å². The van der Waals surface area contributed by atoms with Gasteiger partial charge in [-0.3, -0.25) is 4.79 Å². The summed E-state index contributed by atoms with van der Waals surface area (Å²) in [5, 5.41) is 8.67. The lowest BCUT2D eigenvalue weighted by Gasteiger charge is -2.30. The molecule has 0 aliphatic carbocycles. The minimum atomic E-state index is 0.337. The van der Waals surface area contributed by atoms with Gasteiger partial charge in [0.25, 0.3) is 13.2 Å². The lowest BCUT2D eigenvalue weighted by atomic mass is 9.38. The molecule has 0 aromatic rings. The molecule has 0 spiro atoms. The number of carbonyl (C=O) groups is 1. The smallest absolute Gasteiger partial charge is 0.292 e. The molecule has 1 aliphatic rings. The van der Waals surface area contributed by atoms with Crippen molar-refractivity contribution in [3.05, 3.63) is 0 Å². The number of nitrogens with zero attached hydrogens (tertiary/aromatic N) is 1. The summed E-state index contributed by atoms with van der Waals surface area (Å²) < 4.78 is 3.86. The van der Waals surface area contributed by atoms with Crippen molar-refractivity contribution in [2.24, 2.45) is 5.41 Å². The maximum Gasteiger partial charge on any atom is 0.292 e. The van der Waals surface area contributed by atoms with E-state index in [-0.39, 0.29) is 0 Å². The predicted octanol–water partition coefficient (Wildman–Crippen LogP) is 2.15. The summed E-state index contributed by atoms with van der Waals surface area (Å²) in [7, 11) is 1.31. The fourth-order valence-electron chi connectivity index (χ4n) is 1.81. The Kier molecular flexibility index (Phi) is 6.02. The van der Waals surface area contributed by atoms with E-state index in [1.54, 1.807) is 0 Å². The average molecular weight is 195 g/mol. The zero-order valence-electron chi connectivity index (χ0n) is 9.25. The van der Waals surface area contributed by atoms with Crippen LogP contribution in [0.3, 0.4) is 0 Å². The van der Waals surface area contributed by atoms with Crippen LogP contribution < -0.4 is 0 Å². The van der Waals surface area contributed by atoms with Gasteiger partial charge < -0.3 is 4.74 Å². The highest BCUT2D eigenvalue weighted by Crippen LogP contribution is 2.35. The Labute approximate surface area is 86.5 Å². The summed E-state index contributed by atoms with van der Waals surface area (Å²) in [5.41, 5.74) is 0.429. The maximum absolute atomic E-state index is 8.95. The maximum atomic E-state index is 8.95. The van der Waals surface area contributed by atoms with Crippen molar-refractivity contribution >= 4 is 13.2 Å². The first-order valence-electron chi connectivity index (χ1n) is 4.92. The fourth-order valence-corrected chi connectivity index (χ4v) is 1.81. The minimum Gasteiger partial charge on any atom is -0.471 e. The summed E-state index contributed by atoms with van der Waals surface area (Å²) in [4.78, 5) is 8.95. The highest BCUT2D eigenvalue weighted by Gasteiger charge is 2.30. The highest BCUT2D eigenvalue weighted by atomic mass is 16.5. The summed E-state index contributed by atoms with van der Waals surface area (Å²) in [6.07, 6.45) is 4.76. The Bertz CT molecular complexity index is 211. The molecule has 0 aromatic heterocycles. The van der Waals surface area contributed by atoms with Gasteiger partial charge in [-0.1, -0.05) is 32.9 Å². The topological polar surface area (TPSA) is 50.1 Å². The van der Waals surface area contributed by atoms with Gasteiger partial charge in [-0.15, -0.1) is 0 Å². The zero-order chi connectivity index (χ0) is 11.0. The number of ether oxygens (including phenoxy) is 1. The lowest BCUT2D eigenvalue weighted by molar-refractivity contribution is -0.126. The summed E-state index contributed by atoms with van der Waals surface area (Å²) >= 11 is 0. The molecule has 0 atom stereocenters. The van der Waals surface area contributed by atoms with E-state index in [4.69, 9.17) is 10.1 Å². The van der Waals surface area contributed by atoms with Crippen LogP contribution in [0, 0.1) is 16.6 Å². The normalized spacial score (nSPS) is 18.6. The predicted molar refractivity (Wildman–Crippen MR) is 57.1 cm³/mol. The summed E-state index contributed by atoms with van der Waals surface area (Å²) in [5.74, 6) is 2.36. The van der Waals surface area contributed by atoms with Crippen LogP contribution in [0.2, 0.25) is 12.6 Å². The Morgan fingerprint density at radius 2 is 2.14 bits per heavy atom. The molecule has 1 heterocycles. The van der Waals surface area contributed by atoms with E-state index in [9.17, 15) is 0 Å². The zero-order valence-corrected chi connectivity index (χ0v) is 9.25. The summed E-state index contributed by atoms with van der Waals surface area (Å²) in [6.45, 7) is 5.23. The second-order valence-corrected chi connectivity index (χ2v) is 4.42. The quantitative estimate of drug-likeness (QED) is 0.475. The van der Waals surface area contributed by atoms with Crippen LogP contribution >= 0.6 is 0 Å². The highest BCUT2D eigenvalue weighted by molar-refractivity contribution is 6.67. The SMILES string of the molecule is CC1(C)CCCB(C#N)C1.COC=O. The molecule has 3 nitrogen and oxygen atoms in total. The van der Waals surface area contributed by atoms with Gasteiger partial charge >= 0.3 is 0 Å². The molecular weight excluding hydrogens is 177 g/mol. The summed E-state index contributed by atoms with van der Waals surface area (Å²) in [6, 6.07) is 0. The van der Waals surface area contributed by atoms with Crippen LogP contribution in [0.15, 0.2) is 0 Å². The van der Waals surface area contributed by atoms with E-state index in [0.29, 0.717) is 18.6 Å². The molecule has 0 saturated carbocycles. The fraction of sp³-hybridized carbons (Fsp3) is 0.800. The first-order valence-corrected chi connectivity index (χ1v) is 4.92. The van der Waals surface area contributed by atoms with Gasteiger partial charge in [0.1, 0.15) is 0 Å². The van der Waals surface area contributed by atoms with E-state index < -0.39 is 0 Å². The Balaban J connectivity index is 0.000000364. The van der Waals surface area contributed by atoms with E-state index in [2.05, 4.69) is 24.6 Å². The molecule has 1 rings (SSSR count).